The second kappa shape index (κ2) is 8.84. The van der Waals surface area contributed by atoms with E-state index in [4.69, 9.17) is 4.98 Å². The first-order valence-electron chi connectivity index (χ1n) is 8.70. The van der Waals surface area contributed by atoms with Gasteiger partial charge in [-0.1, -0.05) is 18.2 Å². The summed E-state index contributed by atoms with van der Waals surface area (Å²) < 4.78 is 0. The Hall–Kier alpha value is -1.36. The molecule has 0 bridgehead atoms. The van der Waals surface area contributed by atoms with Crippen molar-refractivity contribution in [1.82, 2.24) is 15.6 Å². The number of nitrogens with zero attached hydrogens (tertiary/aromatic N) is 1. The van der Waals surface area contributed by atoms with Crippen LogP contribution in [0.4, 0.5) is 0 Å². The zero-order valence-electron chi connectivity index (χ0n) is 14.2. The minimum atomic E-state index is 0. The Morgan fingerprint density at radius 2 is 2.00 bits per heavy atom. The predicted molar refractivity (Wildman–Crippen MR) is 106 cm³/mol. The number of hydrogen-bond acceptors (Lipinski definition) is 3. The topological polar surface area (TPSA) is 54.0 Å². The largest absolute Gasteiger partial charge is 0.352 e. The molecule has 6 heteroatoms. The molecule has 1 aromatic carbocycles. The van der Waals surface area contributed by atoms with Crippen LogP contribution in [0.3, 0.4) is 0 Å². The van der Waals surface area contributed by atoms with Crippen molar-refractivity contribution in [3.8, 4) is 0 Å². The predicted octanol–water partition coefficient (Wildman–Crippen LogP) is 3.69. The summed E-state index contributed by atoms with van der Waals surface area (Å²) >= 11 is 0. The maximum atomic E-state index is 12.7. The smallest absolute Gasteiger partial charge is 0.252 e. The number of carbonyl (C=O) groups excluding carboxylic acids is 1. The lowest BCUT2D eigenvalue weighted by Crippen LogP contribution is -2.38. The van der Waals surface area contributed by atoms with Gasteiger partial charge in [0.1, 0.15) is 0 Å². The van der Waals surface area contributed by atoms with Gasteiger partial charge in [0.25, 0.3) is 5.91 Å². The van der Waals surface area contributed by atoms with Gasteiger partial charge < -0.3 is 10.6 Å². The van der Waals surface area contributed by atoms with Crippen LogP contribution < -0.4 is 10.6 Å². The summed E-state index contributed by atoms with van der Waals surface area (Å²) in [5, 5.41) is 7.49. The number of hydrogen-bond donors (Lipinski definition) is 2. The molecule has 0 radical (unpaired) electrons. The van der Waals surface area contributed by atoms with Gasteiger partial charge in [-0.25, -0.2) is 0 Å². The summed E-state index contributed by atoms with van der Waals surface area (Å²) in [6, 6.07) is 9.97. The molecule has 1 amide bonds. The molecule has 1 unspecified atom stereocenters. The normalized spacial score (nSPS) is 19.6. The molecule has 25 heavy (non-hydrogen) atoms. The first-order valence-corrected chi connectivity index (χ1v) is 8.70. The summed E-state index contributed by atoms with van der Waals surface area (Å²) in [6.45, 7) is 2.86. The zero-order valence-corrected chi connectivity index (χ0v) is 15.8. The Morgan fingerprint density at radius 3 is 2.72 bits per heavy atom. The average molecular weight is 382 g/mol. The molecular weight excluding hydrogens is 357 g/mol. The van der Waals surface area contributed by atoms with Crippen molar-refractivity contribution >= 4 is 41.6 Å². The van der Waals surface area contributed by atoms with E-state index in [-0.39, 0.29) is 30.7 Å². The van der Waals surface area contributed by atoms with Gasteiger partial charge >= 0.3 is 0 Å². The number of pyridine rings is 1. The van der Waals surface area contributed by atoms with Crippen molar-refractivity contribution in [2.45, 2.75) is 31.6 Å². The highest BCUT2D eigenvalue weighted by Gasteiger charge is 2.27. The van der Waals surface area contributed by atoms with E-state index < -0.39 is 0 Å². The van der Waals surface area contributed by atoms with Crippen LogP contribution in [0.5, 0.6) is 0 Å². The number of benzene rings is 1. The average Bonchev–Trinajstić information content (AvgIpc) is 3.45. The van der Waals surface area contributed by atoms with Gasteiger partial charge in [0, 0.05) is 23.5 Å². The number of para-hydroxylation sites is 1. The number of rotatable bonds is 4. The molecular formula is C19H25Cl2N3O. The molecule has 1 aliphatic heterocycles. The lowest BCUT2D eigenvalue weighted by Gasteiger charge is -2.23. The third kappa shape index (κ3) is 4.63. The zero-order chi connectivity index (χ0) is 15.6. The summed E-state index contributed by atoms with van der Waals surface area (Å²) in [5.74, 6) is 1.13. The van der Waals surface area contributed by atoms with Crippen LogP contribution in [-0.2, 0) is 0 Å². The van der Waals surface area contributed by atoms with Crippen molar-refractivity contribution in [3.05, 3.63) is 41.6 Å². The van der Waals surface area contributed by atoms with E-state index >= 15 is 0 Å². The number of amides is 1. The molecule has 1 saturated carbocycles. The molecule has 4 rings (SSSR count). The molecule has 136 valence electrons. The molecule has 1 atom stereocenters. The van der Waals surface area contributed by atoms with Crippen LogP contribution in [0.1, 0.15) is 47.7 Å². The Labute approximate surface area is 161 Å². The van der Waals surface area contributed by atoms with Gasteiger partial charge in [0.05, 0.1) is 11.1 Å². The van der Waals surface area contributed by atoms with Crippen molar-refractivity contribution in [2.75, 3.05) is 19.6 Å². The summed E-state index contributed by atoms with van der Waals surface area (Å²) in [6.07, 6.45) is 4.78. The minimum Gasteiger partial charge on any atom is -0.352 e. The third-order valence-corrected chi connectivity index (χ3v) is 4.93. The summed E-state index contributed by atoms with van der Waals surface area (Å²) in [4.78, 5) is 17.5. The van der Waals surface area contributed by atoms with E-state index in [1.54, 1.807) is 0 Å². The number of nitrogens with one attached hydrogen (secondary N) is 2. The number of fused-ring (bicyclic) bond motifs is 1. The second-order valence-corrected chi connectivity index (χ2v) is 6.81. The first kappa shape index (κ1) is 20.0. The maximum absolute atomic E-state index is 12.7. The lowest BCUT2D eigenvalue weighted by molar-refractivity contribution is 0.0946. The monoisotopic (exact) mass is 381 g/mol. The number of halogens is 2. The van der Waals surface area contributed by atoms with Gasteiger partial charge in [-0.2, -0.15) is 0 Å². The summed E-state index contributed by atoms with van der Waals surface area (Å²) in [5.41, 5.74) is 2.79. The fourth-order valence-electron chi connectivity index (χ4n) is 3.40. The van der Waals surface area contributed by atoms with Gasteiger partial charge in [0.2, 0.25) is 0 Å². The lowest BCUT2D eigenvalue weighted by atomic mass is 9.99. The molecule has 2 heterocycles. The molecule has 0 spiro atoms. The maximum Gasteiger partial charge on any atom is 0.252 e. The molecule has 2 fully saturated rings. The minimum absolute atomic E-state index is 0. The Kier molecular flexibility index (Phi) is 7.05. The number of aromatic nitrogens is 1. The quantitative estimate of drug-likeness (QED) is 0.848. The van der Waals surface area contributed by atoms with Gasteiger partial charge in [-0.15, -0.1) is 24.8 Å². The molecule has 2 aromatic rings. The standard InChI is InChI=1S/C19H23N3O.2ClH/c23-19(21-12-13-4-3-9-20-11-13)16-10-18(14-7-8-14)22-17-6-2-1-5-15(16)17;;/h1-2,5-6,10,13-14,20H,3-4,7-9,11-12H2,(H,21,23);2*1H. The van der Waals surface area contributed by atoms with Gasteiger partial charge in [-0.3, -0.25) is 9.78 Å². The molecule has 1 aromatic heterocycles. The highest BCUT2D eigenvalue weighted by atomic mass is 35.5. The Balaban J connectivity index is 0.00000113. The molecule has 2 N–H and O–H groups in total. The van der Waals surface area contributed by atoms with E-state index in [1.807, 2.05) is 30.3 Å². The van der Waals surface area contributed by atoms with E-state index in [0.29, 0.717) is 11.8 Å². The van der Waals surface area contributed by atoms with Crippen molar-refractivity contribution < 1.29 is 4.79 Å². The van der Waals surface area contributed by atoms with Crippen LogP contribution in [-0.4, -0.2) is 30.5 Å². The fraction of sp³-hybridized carbons (Fsp3) is 0.474. The fourth-order valence-corrected chi connectivity index (χ4v) is 3.40. The van der Waals surface area contributed by atoms with Crippen LogP contribution in [0.15, 0.2) is 30.3 Å². The van der Waals surface area contributed by atoms with Crippen molar-refractivity contribution in [1.29, 1.82) is 0 Å². The Morgan fingerprint density at radius 1 is 1.20 bits per heavy atom. The SMILES string of the molecule is Cl.Cl.O=C(NCC1CCCNC1)c1cc(C2CC2)nc2ccccc12. The molecule has 4 nitrogen and oxygen atoms in total. The Bertz CT molecular complexity index is 728. The second-order valence-electron chi connectivity index (χ2n) is 6.81. The van der Waals surface area contributed by atoms with Crippen molar-refractivity contribution in [2.24, 2.45) is 5.92 Å². The van der Waals surface area contributed by atoms with E-state index in [0.717, 1.165) is 41.8 Å². The van der Waals surface area contributed by atoms with Crippen LogP contribution in [0.25, 0.3) is 10.9 Å². The first-order chi connectivity index (χ1) is 11.3. The van der Waals surface area contributed by atoms with Gasteiger partial charge in [0.15, 0.2) is 0 Å². The highest BCUT2D eigenvalue weighted by molar-refractivity contribution is 6.06. The van der Waals surface area contributed by atoms with Crippen molar-refractivity contribution in [3.63, 3.8) is 0 Å². The van der Waals surface area contributed by atoms with E-state index in [1.165, 1.54) is 25.7 Å². The van der Waals surface area contributed by atoms with Crippen LogP contribution in [0, 0.1) is 5.92 Å². The third-order valence-electron chi connectivity index (χ3n) is 4.93. The van der Waals surface area contributed by atoms with Gasteiger partial charge in [-0.05, 0) is 56.8 Å². The van der Waals surface area contributed by atoms with E-state index in [2.05, 4.69) is 10.6 Å². The molecule has 1 aliphatic carbocycles. The number of carbonyl (C=O) groups is 1. The van der Waals surface area contributed by atoms with Crippen LogP contribution >= 0.6 is 24.8 Å². The number of piperidine rings is 1. The molecule has 1 saturated heterocycles. The summed E-state index contributed by atoms with van der Waals surface area (Å²) in [7, 11) is 0. The molecule has 2 aliphatic rings. The van der Waals surface area contributed by atoms with Crippen LogP contribution in [0.2, 0.25) is 0 Å². The van der Waals surface area contributed by atoms with E-state index in [9.17, 15) is 4.79 Å². The highest BCUT2D eigenvalue weighted by Crippen LogP contribution is 2.40.